The third-order valence-corrected chi connectivity index (χ3v) is 4.62. The minimum Gasteiger partial charge on any atom is -0.459 e. The molecule has 8 heteroatoms. The van der Waals surface area contributed by atoms with Gasteiger partial charge in [0.2, 0.25) is 0 Å². The van der Waals surface area contributed by atoms with Crippen molar-refractivity contribution in [3.05, 3.63) is 54.0 Å². The molecule has 26 heavy (non-hydrogen) atoms. The smallest absolute Gasteiger partial charge is 0.289 e. The van der Waals surface area contributed by atoms with Crippen LogP contribution < -0.4 is 10.2 Å². The third-order valence-electron chi connectivity index (χ3n) is 4.62. The van der Waals surface area contributed by atoms with Gasteiger partial charge in [0, 0.05) is 6.07 Å². The van der Waals surface area contributed by atoms with Crippen molar-refractivity contribution in [3.8, 4) is 0 Å². The monoisotopic (exact) mass is 364 g/mol. The maximum absolute atomic E-state index is 13.7. The number of quaternary nitrogens is 1. The fourth-order valence-electron chi connectivity index (χ4n) is 3.00. The quantitative estimate of drug-likeness (QED) is 0.848. The molecule has 1 saturated heterocycles. The van der Waals surface area contributed by atoms with Crippen molar-refractivity contribution in [2.24, 2.45) is 0 Å². The summed E-state index contributed by atoms with van der Waals surface area (Å²) >= 11 is 0. The van der Waals surface area contributed by atoms with Crippen molar-refractivity contribution in [1.82, 2.24) is 4.90 Å². The number of amides is 2. The Bertz CT molecular complexity index is 787. The van der Waals surface area contributed by atoms with Crippen LogP contribution in [-0.4, -0.2) is 48.9 Å². The summed E-state index contributed by atoms with van der Waals surface area (Å²) in [7, 11) is 0. The lowest BCUT2D eigenvalue weighted by Crippen LogP contribution is -3.19. The lowest BCUT2D eigenvalue weighted by atomic mass is 10.2. The van der Waals surface area contributed by atoms with Crippen molar-refractivity contribution in [1.29, 1.82) is 0 Å². The molecule has 6 nitrogen and oxygen atoms in total. The Hall–Kier alpha value is -2.74. The second-order valence-corrected chi connectivity index (χ2v) is 6.26. The third kappa shape index (κ3) is 3.91. The molecule has 2 heterocycles. The van der Waals surface area contributed by atoms with E-state index < -0.39 is 17.7 Å². The zero-order valence-corrected chi connectivity index (χ0v) is 14.3. The Morgan fingerprint density at radius 1 is 1.23 bits per heavy atom. The number of hydrogen-bond acceptors (Lipinski definition) is 3. The van der Waals surface area contributed by atoms with Gasteiger partial charge in [-0.2, -0.15) is 0 Å². The summed E-state index contributed by atoms with van der Waals surface area (Å²) in [5.74, 6) is -1.73. The van der Waals surface area contributed by atoms with Crippen molar-refractivity contribution in [3.63, 3.8) is 0 Å². The Balaban J connectivity index is 1.55. The predicted molar refractivity (Wildman–Crippen MR) is 89.8 cm³/mol. The highest BCUT2D eigenvalue weighted by Crippen LogP contribution is 2.15. The number of hydrogen-bond donors (Lipinski definition) is 2. The minimum absolute atomic E-state index is 0.0470. The van der Waals surface area contributed by atoms with Gasteiger partial charge in [0.05, 0.1) is 38.1 Å². The minimum atomic E-state index is -0.811. The van der Waals surface area contributed by atoms with Crippen LogP contribution in [0.5, 0.6) is 0 Å². The number of nitrogens with one attached hydrogen (secondary N) is 2. The van der Waals surface area contributed by atoms with Gasteiger partial charge in [0.15, 0.2) is 11.8 Å². The van der Waals surface area contributed by atoms with Crippen molar-refractivity contribution in [2.45, 2.75) is 13.0 Å². The maximum Gasteiger partial charge on any atom is 0.289 e. The fourth-order valence-corrected chi connectivity index (χ4v) is 3.00. The van der Waals surface area contributed by atoms with Gasteiger partial charge in [0.1, 0.15) is 11.6 Å². The van der Waals surface area contributed by atoms with E-state index in [1.165, 1.54) is 12.3 Å². The second kappa shape index (κ2) is 7.65. The topological polar surface area (TPSA) is 67.0 Å². The lowest BCUT2D eigenvalue weighted by molar-refractivity contribution is -0.917. The van der Waals surface area contributed by atoms with Crippen LogP contribution in [0.1, 0.15) is 17.5 Å². The molecule has 0 aliphatic carbocycles. The fraction of sp³-hybridized carbons (Fsp3) is 0.333. The zero-order chi connectivity index (χ0) is 18.7. The molecule has 1 aliphatic rings. The van der Waals surface area contributed by atoms with Crippen LogP contribution in [-0.2, 0) is 4.79 Å². The number of benzene rings is 1. The van der Waals surface area contributed by atoms with Gasteiger partial charge >= 0.3 is 0 Å². The predicted octanol–water partition coefficient (Wildman–Crippen LogP) is 0.926. The molecule has 1 aromatic carbocycles. The van der Waals surface area contributed by atoms with Gasteiger partial charge in [-0.1, -0.05) is 0 Å². The van der Waals surface area contributed by atoms with Gasteiger partial charge in [-0.3, -0.25) is 9.59 Å². The number of piperazine rings is 1. The van der Waals surface area contributed by atoms with Gasteiger partial charge in [0.25, 0.3) is 11.8 Å². The van der Waals surface area contributed by atoms with Crippen LogP contribution >= 0.6 is 0 Å². The zero-order valence-electron chi connectivity index (χ0n) is 14.3. The highest BCUT2D eigenvalue weighted by atomic mass is 19.1. The van der Waals surface area contributed by atoms with Crippen LogP contribution in [0.15, 0.2) is 41.0 Å². The van der Waals surface area contributed by atoms with Crippen molar-refractivity contribution >= 4 is 17.5 Å². The van der Waals surface area contributed by atoms with Crippen LogP contribution in [0.2, 0.25) is 0 Å². The molecule has 3 rings (SSSR count). The average molecular weight is 364 g/mol. The van der Waals surface area contributed by atoms with E-state index in [-0.39, 0.29) is 17.5 Å². The van der Waals surface area contributed by atoms with Gasteiger partial charge in [-0.05, 0) is 31.2 Å². The number of nitrogens with zero attached hydrogens (tertiary/aromatic N) is 1. The summed E-state index contributed by atoms with van der Waals surface area (Å²) in [4.78, 5) is 27.3. The number of furan rings is 1. The van der Waals surface area contributed by atoms with E-state index in [2.05, 4.69) is 5.32 Å². The van der Waals surface area contributed by atoms with E-state index in [0.717, 1.165) is 17.0 Å². The van der Waals surface area contributed by atoms with E-state index in [1.54, 1.807) is 24.0 Å². The number of rotatable bonds is 4. The maximum atomic E-state index is 13.7. The van der Waals surface area contributed by atoms with Gasteiger partial charge < -0.3 is 19.5 Å². The molecule has 1 aromatic heterocycles. The normalized spacial score (nSPS) is 16.3. The summed E-state index contributed by atoms with van der Waals surface area (Å²) in [5, 5.41) is 2.49. The largest absolute Gasteiger partial charge is 0.459 e. The molecule has 2 amide bonds. The summed E-state index contributed by atoms with van der Waals surface area (Å²) in [5.41, 5.74) is -0.0470. The molecule has 2 N–H and O–H groups in total. The molecular weight excluding hydrogens is 344 g/mol. The van der Waals surface area contributed by atoms with Gasteiger partial charge in [-0.15, -0.1) is 0 Å². The van der Waals surface area contributed by atoms with Crippen LogP contribution in [0, 0.1) is 11.6 Å². The highest BCUT2D eigenvalue weighted by Gasteiger charge is 2.32. The summed E-state index contributed by atoms with van der Waals surface area (Å²) < 4.78 is 31.7. The molecule has 1 aliphatic heterocycles. The first-order valence-electron chi connectivity index (χ1n) is 8.39. The Morgan fingerprint density at radius 2 is 1.96 bits per heavy atom. The molecule has 0 bridgehead atoms. The van der Waals surface area contributed by atoms with E-state index >= 15 is 0 Å². The molecule has 0 unspecified atom stereocenters. The first-order chi connectivity index (χ1) is 12.5. The van der Waals surface area contributed by atoms with E-state index in [9.17, 15) is 18.4 Å². The Morgan fingerprint density at radius 3 is 2.58 bits per heavy atom. The molecule has 0 spiro atoms. The average Bonchev–Trinajstić information content (AvgIpc) is 3.17. The first kappa shape index (κ1) is 18.1. The SMILES string of the molecule is C[C@H](C(=O)Nc1ccc(F)cc1F)[NH+]1CCN(C(=O)c2ccco2)CC1. The number of carbonyl (C=O) groups is 2. The molecule has 1 fully saturated rings. The highest BCUT2D eigenvalue weighted by molar-refractivity contribution is 5.93. The summed E-state index contributed by atoms with van der Waals surface area (Å²) in [6.07, 6.45) is 1.45. The summed E-state index contributed by atoms with van der Waals surface area (Å²) in [6.45, 7) is 3.92. The van der Waals surface area contributed by atoms with Crippen molar-refractivity contribution in [2.75, 3.05) is 31.5 Å². The van der Waals surface area contributed by atoms with E-state index in [1.807, 2.05) is 0 Å². The Kier molecular flexibility index (Phi) is 5.32. The van der Waals surface area contributed by atoms with E-state index in [0.29, 0.717) is 31.9 Å². The molecular formula is C18H20F2N3O3+. The molecule has 138 valence electrons. The number of halogens is 2. The number of carbonyl (C=O) groups excluding carboxylic acids is 2. The lowest BCUT2D eigenvalue weighted by Gasteiger charge is -2.34. The van der Waals surface area contributed by atoms with Crippen LogP contribution in [0.25, 0.3) is 0 Å². The molecule has 2 aromatic rings. The van der Waals surface area contributed by atoms with E-state index in [4.69, 9.17) is 4.42 Å². The van der Waals surface area contributed by atoms with Crippen LogP contribution in [0.4, 0.5) is 14.5 Å². The molecule has 0 radical (unpaired) electrons. The van der Waals surface area contributed by atoms with Crippen molar-refractivity contribution < 1.29 is 27.7 Å². The standard InChI is InChI=1S/C18H19F2N3O3/c1-12(17(24)21-15-5-4-13(19)11-14(15)20)22-6-8-23(9-7-22)18(25)16-3-2-10-26-16/h2-5,10-12H,6-9H2,1H3,(H,21,24)/p+1/t12-/m1/s1. The van der Waals surface area contributed by atoms with Crippen LogP contribution in [0.3, 0.4) is 0 Å². The first-order valence-corrected chi connectivity index (χ1v) is 8.39. The van der Waals surface area contributed by atoms with Gasteiger partial charge in [-0.25, -0.2) is 8.78 Å². The molecule has 0 saturated carbocycles. The Labute approximate surface area is 149 Å². The summed E-state index contributed by atoms with van der Waals surface area (Å²) in [6, 6.07) is 5.87. The number of anilines is 1. The second-order valence-electron chi connectivity index (χ2n) is 6.26. The molecule has 1 atom stereocenters.